The highest BCUT2D eigenvalue weighted by molar-refractivity contribution is 14.0. The van der Waals surface area contributed by atoms with Gasteiger partial charge >= 0.3 is 0 Å². The molecule has 0 aromatic heterocycles. The fourth-order valence-electron chi connectivity index (χ4n) is 4.10. The Morgan fingerprint density at radius 3 is 2.59 bits per heavy atom. The van der Waals surface area contributed by atoms with Gasteiger partial charge < -0.3 is 15.5 Å². The minimum absolute atomic E-state index is 0. The van der Waals surface area contributed by atoms with Crippen LogP contribution in [0.5, 0.6) is 0 Å². The van der Waals surface area contributed by atoms with Crippen LogP contribution in [0, 0.1) is 0 Å². The molecular weight excluding hydrogens is 449 g/mol. The minimum Gasteiger partial charge on any atom is -0.356 e. The van der Waals surface area contributed by atoms with Crippen LogP contribution in [0.15, 0.2) is 35.3 Å². The molecule has 0 bridgehead atoms. The van der Waals surface area contributed by atoms with Crippen LogP contribution in [0.1, 0.15) is 37.7 Å². The van der Waals surface area contributed by atoms with E-state index in [0.717, 1.165) is 25.6 Å². The molecule has 2 fully saturated rings. The molecule has 0 spiro atoms. The van der Waals surface area contributed by atoms with Crippen molar-refractivity contribution in [1.82, 2.24) is 20.4 Å². The number of nitrogens with zero attached hydrogens (tertiary/aromatic N) is 3. The predicted molar refractivity (Wildman–Crippen MR) is 125 cm³/mol. The van der Waals surface area contributed by atoms with Gasteiger partial charge in [0.15, 0.2) is 5.96 Å². The lowest BCUT2D eigenvalue weighted by atomic mass is 10.2. The number of likely N-dealkylation sites (tertiary alicyclic amines) is 2. The Labute approximate surface area is 182 Å². The molecule has 1 unspecified atom stereocenters. The summed E-state index contributed by atoms with van der Waals surface area (Å²) >= 11 is 0. The lowest BCUT2D eigenvalue weighted by Crippen LogP contribution is -2.45. The number of benzene rings is 1. The molecule has 6 heteroatoms. The molecule has 2 N–H and O–H groups in total. The van der Waals surface area contributed by atoms with Gasteiger partial charge in [-0.25, -0.2) is 0 Å². The predicted octanol–water partition coefficient (Wildman–Crippen LogP) is 2.92. The van der Waals surface area contributed by atoms with Gasteiger partial charge in [0.25, 0.3) is 0 Å². The third-order valence-electron chi connectivity index (χ3n) is 5.60. The maximum absolute atomic E-state index is 4.39. The zero-order chi connectivity index (χ0) is 18.0. The quantitative estimate of drug-likeness (QED) is 0.257. The Morgan fingerprint density at radius 1 is 1.07 bits per heavy atom. The number of guanidine groups is 1. The number of nitrogens with one attached hydrogen (secondary N) is 2. The largest absolute Gasteiger partial charge is 0.356 e. The van der Waals surface area contributed by atoms with Crippen LogP contribution in [0.3, 0.4) is 0 Å². The maximum atomic E-state index is 4.39. The van der Waals surface area contributed by atoms with Crippen LogP contribution >= 0.6 is 24.0 Å². The molecule has 152 valence electrons. The van der Waals surface area contributed by atoms with E-state index in [2.05, 4.69) is 55.8 Å². The molecule has 1 aromatic rings. The Hall–Kier alpha value is -0.860. The maximum Gasteiger partial charge on any atom is 0.191 e. The zero-order valence-electron chi connectivity index (χ0n) is 16.7. The minimum atomic E-state index is 0. The average molecular weight is 485 g/mol. The van der Waals surface area contributed by atoms with Crippen molar-refractivity contribution in [3.63, 3.8) is 0 Å². The Bertz CT molecular complexity index is 545. The number of hydrogen-bond acceptors (Lipinski definition) is 3. The molecule has 2 aliphatic rings. The fraction of sp³-hybridized carbons (Fsp3) is 0.667. The Balaban J connectivity index is 0.00000261. The SMILES string of the molecule is CN=C(NCCCN1CCCC1)NCC1CCCN1Cc1ccccc1.I. The molecule has 2 aliphatic heterocycles. The molecule has 27 heavy (non-hydrogen) atoms. The van der Waals surface area contributed by atoms with Crippen molar-refractivity contribution >= 4 is 29.9 Å². The summed E-state index contributed by atoms with van der Waals surface area (Å²) < 4.78 is 0. The van der Waals surface area contributed by atoms with E-state index < -0.39 is 0 Å². The van der Waals surface area contributed by atoms with E-state index in [9.17, 15) is 0 Å². The first-order valence-electron chi connectivity index (χ1n) is 10.3. The normalized spacial score (nSPS) is 21.2. The number of hydrogen-bond donors (Lipinski definition) is 2. The van der Waals surface area contributed by atoms with E-state index in [1.807, 2.05) is 7.05 Å². The van der Waals surface area contributed by atoms with Gasteiger partial charge in [0.05, 0.1) is 0 Å². The molecule has 1 aromatic carbocycles. The Morgan fingerprint density at radius 2 is 1.85 bits per heavy atom. The lowest BCUT2D eigenvalue weighted by molar-refractivity contribution is 0.245. The molecule has 0 aliphatic carbocycles. The van der Waals surface area contributed by atoms with Gasteiger partial charge in [-0.1, -0.05) is 30.3 Å². The molecule has 0 saturated carbocycles. The third kappa shape index (κ3) is 7.58. The third-order valence-corrected chi connectivity index (χ3v) is 5.60. The molecule has 0 amide bonds. The second kappa shape index (κ2) is 12.6. The van der Waals surface area contributed by atoms with Crippen LogP contribution in [0.4, 0.5) is 0 Å². The first-order chi connectivity index (χ1) is 12.8. The molecule has 0 radical (unpaired) electrons. The highest BCUT2D eigenvalue weighted by Gasteiger charge is 2.24. The first kappa shape index (κ1) is 22.4. The summed E-state index contributed by atoms with van der Waals surface area (Å²) in [6, 6.07) is 11.4. The summed E-state index contributed by atoms with van der Waals surface area (Å²) in [4.78, 5) is 9.56. The van der Waals surface area contributed by atoms with Gasteiger partial charge in [0.2, 0.25) is 0 Å². The molecular formula is C21H36IN5. The van der Waals surface area contributed by atoms with Crippen LogP contribution in [0.2, 0.25) is 0 Å². The van der Waals surface area contributed by atoms with Crippen molar-refractivity contribution in [1.29, 1.82) is 0 Å². The Kier molecular flexibility index (Phi) is 10.4. The monoisotopic (exact) mass is 485 g/mol. The van der Waals surface area contributed by atoms with Crippen molar-refractivity contribution < 1.29 is 0 Å². The van der Waals surface area contributed by atoms with E-state index in [1.165, 1.54) is 63.8 Å². The molecule has 2 heterocycles. The lowest BCUT2D eigenvalue weighted by Gasteiger charge is -2.25. The summed E-state index contributed by atoms with van der Waals surface area (Å²) in [5.74, 6) is 0.943. The summed E-state index contributed by atoms with van der Waals surface area (Å²) in [6.07, 6.45) is 6.49. The summed E-state index contributed by atoms with van der Waals surface area (Å²) in [7, 11) is 1.87. The van der Waals surface area contributed by atoms with E-state index in [4.69, 9.17) is 0 Å². The molecule has 1 atom stereocenters. The molecule has 2 saturated heterocycles. The van der Waals surface area contributed by atoms with Crippen molar-refractivity contribution in [3.8, 4) is 0 Å². The smallest absolute Gasteiger partial charge is 0.191 e. The fourth-order valence-corrected chi connectivity index (χ4v) is 4.10. The summed E-state index contributed by atoms with van der Waals surface area (Å²) in [6.45, 7) is 7.99. The second-order valence-corrected chi connectivity index (χ2v) is 7.53. The van der Waals surface area contributed by atoms with Gasteiger partial charge in [0.1, 0.15) is 0 Å². The van der Waals surface area contributed by atoms with E-state index in [0.29, 0.717) is 6.04 Å². The van der Waals surface area contributed by atoms with Gasteiger partial charge in [0, 0.05) is 32.7 Å². The number of aliphatic imine (C=N–C) groups is 1. The van der Waals surface area contributed by atoms with Crippen molar-refractivity contribution in [3.05, 3.63) is 35.9 Å². The van der Waals surface area contributed by atoms with Crippen molar-refractivity contribution in [2.75, 3.05) is 46.3 Å². The first-order valence-corrected chi connectivity index (χ1v) is 10.3. The van der Waals surface area contributed by atoms with Gasteiger partial charge in [-0.3, -0.25) is 9.89 Å². The van der Waals surface area contributed by atoms with Crippen LogP contribution in [-0.2, 0) is 6.54 Å². The van der Waals surface area contributed by atoms with Crippen LogP contribution < -0.4 is 10.6 Å². The zero-order valence-corrected chi connectivity index (χ0v) is 19.0. The van der Waals surface area contributed by atoms with E-state index >= 15 is 0 Å². The summed E-state index contributed by atoms with van der Waals surface area (Å²) in [5, 5.41) is 7.01. The summed E-state index contributed by atoms with van der Waals surface area (Å²) in [5.41, 5.74) is 1.41. The van der Waals surface area contributed by atoms with E-state index in [1.54, 1.807) is 0 Å². The van der Waals surface area contributed by atoms with Crippen molar-refractivity contribution in [2.24, 2.45) is 4.99 Å². The van der Waals surface area contributed by atoms with Crippen molar-refractivity contribution in [2.45, 2.75) is 44.7 Å². The highest BCUT2D eigenvalue weighted by Crippen LogP contribution is 2.19. The molecule has 3 rings (SSSR count). The van der Waals surface area contributed by atoms with Crippen LogP contribution in [-0.4, -0.2) is 68.1 Å². The second-order valence-electron chi connectivity index (χ2n) is 7.53. The highest BCUT2D eigenvalue weighted by atomic mass is 127. The van der Waals surface area contributed by atoms with Crippen LogP contribution in [0.25, 0.3) is 0 Å². The van der Waals surface area contributed by atoms with Gasteiger partial charge in [-0.05, 0) is 63.8 Å². The van der Waals surface area contributed by atoms with E-state index in [-0.39, 0.29) is 24.0 Å². The average Bonchev–Trinajstić information content (AvgIpc) is 3.34. The van der Waals surface area contributed by atoms with Gasteiger partial charge in [-0.2, -0.15) is 0 Å². The topological polar surface area (TPSA) is 42.9 Å². The number of halogens is 1. The molecule has 5 nitrogen and oxygen atoms in total. The number of rotatable bonds is 8. The standard InChI is InChI=1S/C21H35N5.HI/c1-22-21(23-12-8-15-25-13-5-6-14-25)24-17-20-11-7-16-26(20)18-19-9-3-2-4-10-19;/h2-4,9-10,20H,5-8,11-18H2,1H3,(H2,22,23,24);1H. The van der Waals surface area contributed by atoms with Gasteiger partial charge in [-0.15, -0.1) is 24.0 Å².